The molecule has 9 nitrogen and oxygen atoms in total. The van der Waals surface area contributed by atoms with Gasteiger partial charge in [0, 0.05) is 32.2 Å². The predicted octanol–water partition coefficient (Wildman–Crippen LogP) is 1.83. The van der Waals surface area contributed by atoms with Gasteiger partial charge in [0.15, 0.2) is 0 Å². The van der Waals surface area contributed by atoms with Crippen molar-refractivity contribution in [2.24, 2.45) is 0 Å². The summed E-state index contributed by atoms with van der Waals surface area (Å²) >= 11 is 0. The van der Waals surface area contributed by atoms with Gasteiger partial charge in [0.05, 0.1) is 29.5 Å². The molecule has 1 aromatic carbocycles. The number of nitrogens with zero attached hydrogens (tertiary/aromatic N) is 2. The summed E-state index contributed by atoms with van der Waals surface area (Å²) < 4.78 is 33.2. The lowest BCUT2D eigenvalue weighted by Crippen LogP contribution is -2.45. The molecule has 1 aliphatic rings. The van der Waals surface area contributed by atoms with Crippen molar-refractivity contribution in [1.82, 2.24) is 15.6 Å². The number of amides is 1. The number of ether oxygens (including phenoxy) is 1. The summed E-state index contributed by atoms with van der Waals surface area (Å²) in [6, 6.07) is 7.60. The molecule has 2 heterocycles. The van der Waals surface area contributed by atoms with E-state index in [-0.39, 0.29) is 22.5 Å². The first-order chi connectivity index (χ1) is 14.8. The van der Waals surface area contributed by atoms with Crippen LogP contribution in [-0.4, -0.2) is 58.6 Å². The van der Waals surface area contributed by atoms with Crippen LogP contribution in [0, 0.1) is 0 Å². The van der Waals surface area contributed by atoms with Gasteiger partial charge in [-0.25, -0.2) is 13.4 Å². The summed E-state index contributed by atoms with van der Waals surface area (Å²) in [4.78, 5) is 19.5. The predicted molar refractivity (Wildman–Crippen MR) is 120 cm³/mol. The monoisotopic (exact) mass is 447 g/mol. The number of sulfonamides is 1. The molecule has 1 unspecified atom stereocenters. The Kier molecular flexibility index (Phi) is 7.34. The summed E-state index contributed by atoms with van der Waals surface area (Å²) in [5.74, 6) is 0.834. The van der Waals surface area contributed by atoms with Crippen LogP contribution in [0.25, 0.3) is 0 Å². The van der Waals surface area contributed by atoms with Crippen LogP contribution in [0.5, 0.6) is 5.75 Å². The molecule has 0 saturated carbocycles. The molecule has 1 saturated heterocycles. The number of hydrogen-bond donors (Lipinski definition) is 3. The van der Waals surface area contributed by atoms with Crippen LogP contribution in [0.15, 0.2) is 41.4 Å². The number of nitrogens with one attached hydrogen (secondary N) is 3. The number of methoxy groups -OCH3 is 1. The van der Waals surface area contributed by atoms with E-state index in [0.717, 1.165) is 19.5 Å². The van der Waals surface area contributed by atoms with Gasteiger partial charge in [-0.2, -0.15) is 0 Å². The third-order valence-electron chi connectivity index (χ3n) is 5.14. The Hall–Kier alpha value is -2.85. The third-order valence-corrected chi connectivity index (χ3v) is 6.54. The van der Waals surface area contributed by atoms with Crippen LogP contribution in [0.3, 0.4) is 0 Å². The van der Waals surface area contributed by atoms with Crippen molar-refractivity contribution in [3.8, 4) is 5.75 Å². The van der Waals surface area contributed by atoms with Crippen LogP contribution < -0.4 is 25.0 Å². The maximum Gasteiger partial charge on any atom is 0.261 e. The zero-order valence-corrected chi connectivity index (χ0v) is 18.8. The van der Waals surface area contributed by atoms with Crippen LogP contribution in [0.2, 0.25) is 0 Å². The second-order valence-electron chi connectivity index (χ2n) is 7.40. The number of carbonyl (C=O) groups is 1. The van der Waals surface area contributed by atoms with Gasteiger partial charge in [-0.1, -0.05) is 6.92 Å². The van der Waals surface area contributed by atoms with E-state index in [1.165, 1.54) is 25.4 Å². The second kappa shape index (κ2) is 9.97. The lowest BCUT2D eigenvalue weighted by molar-refractivity contribution is 0.0939. The maximum absolute atomic E-state index is 13.0. The average molecular weight is 448 g/mol. The van der Waals surface area contributed by atoms with Gasteiger partial charge in [-0.05, 0) is 43.7 Å². The number of rotatable bonds is 8. The van der Waals surface area contributed by atoms with Gasteiger partial charge < -0.3 is 20.3 Å². The van der Waals surface area contributed by atoms with Crippen LogP contribution in [0.4, 0.5) is 11.5 Å². The fraction of sp³-hybridized carbons (Fsp3) is 0.429. The Bertz CT molecular complexity index is 1000. The topological polar surface area (TPSA) is 113 Å². The molecule has 3 rings (SSSR count). The van der Waals surface area contributed by atoms with Crippen LogP contribution in [0.1, 0.15) is 30.6 Å². The molecular weight excluding hydrogens is 418 g/mol. The summed E-state index contributed by atoms with van der Waals surface area (Å²) in [6.07, 6.45) is 2.23. The number of piperazine rings is 1. The lowest BCUT2D eigenvalue weighted by Gasteiger charge is -2.30. The number of benzene rings is 1. The maximum atomic E-state index is 13.0. The number of aromatic nitrogens is 1. The Balaban J connectivity index is 1.91. The van der Waals surface area contributed by atoms with E-state index in [9.17, 15) is 13.2 Å². The van der Waals surface area contributed by atoms with E-state index in [1.807, 2.05) is 18.7 Å². The lowest BCUT2D eigenvalue weighted by atomic mass is 10.1. The Labute approximate surface area is 183 Å². The van der Waals surface area contributed by atoms with Gasteiger partial charge >= 0.3 is 0 Å². The second-order valence-corrected chi connectivity index (χ2v) is 9.08. The van der Waals surface area contributed by atoms with Crippen molar-refractivity contribution >= 4 is 27.4 Å². The van der Waals surface area contributed by atoms with E-state index < -0.39 is 10.0 Å². The normalized spacial score (nSPS) is 15.3. The molecule has 3 N–H and O–H groups in total. The van der Waals surface area contributed by atoms with E-state index in [4.69, 9.17) is 4.74 Å². The highest BCUT2D eigenvalue weighted by Gasteiger charge is 2.23. The number of pyridine rings is 1. The molecule has 1 aromatic heterocycles. The summed E-state index contributed by atoms with van der Waals surface area (Å²) in [6.45, 7) is 6.92. The van der Waals surface area contributed by atoms with Gasteiger partial charge in [0.1, 0.15) is 11.6 Å². The minimum absolute atomic E-state index is 0.0111. The molecule has 10 heteroatoms. The van der Waals surface area contributed by atoms with Crippen LogP contribution >= 0.6 is 0 Å². The first-order valence-electron chi connectivity index (χ1n) is 10.3. The quantitative estimate of drug-likeness (QED) is 0.566. The minimum Gasteiger partial charge on any atom is -0.497 e. The first-order valence-corrected chi connectivity index (χ1v) is 11.8. The van der Waals surface area contributed by atoms with E-state index >= 15 is 0 Å². The number of carbonyl (C=O) groups excluding carboxylic acids is 1. The molecule has 1 amide bonds. The fourth-order valence-electron chi connectivity index (χ4n) is 3.18. The Morgan fingerprint density at radius 2 is 1.94 bits per heavy atom. The van der Waals surface area contributed by atoms with Crippen LogP contribution in [-0.2, 0) is 10.0 Å². The fourth-order valence-corrected chi connectivity index (χ4v) is 4.22. The Morgan fingerprint density at radius 1 is 1.26 bits per heavy atom. The van der Waals surface area contributed by atoms with Gasteiger partial charge in [0.25, 0.3) is 15.9 Å². The van der Waals surface area contributed by atoms with Crippen molar-refractivity contribution < 1.29 is 17.9 Å². The van der Waals surface area contributed by atoms with Gasteiger partial charge in [0.2, 0.25) is 0 Å². The molecule has 0 bridgehead atoms. The van der Waals surface area contributed by atoms with Crippen molar-refractivity contribution in [3.63, 3.8) is 0 Å². The van der Waals surface area contributed by atoms with E-state index in [1.54, 1.807) is 18.2 Å². The van der Waals surface area contributed by atoms with Crippen molar-refractivity contribution in [3.05, 3.63) is 42.1 Å². The van der Waals surface area contributed by atoms with Gasteiger partial charge in [-0.3, -0.25) is 9.52 Å². The minimum atomic E-state index is -3.85. The molecule has 0 spiro atoms. The molecule has 1 fully saturated rings. The zero-order chi connectivity index (χ0) is 22.4. The molecular formula is C21H29N5O4S. The molecule has 0 radical (unpaired) electrons. The van der Waals surface area contributed by atoms with Crippen molar-refractivity contribution in [2.45, 2.75) is 31.2 Å². The molecule has 0 aliphatic carbocycles. The molecule has 1 aliphatic heterocycles. The average Bonchev–Trinajstić information content (AvgIpc) is 2.79. The highest BCUT2D eigenvalue weighted by atomic mass is 32.2. The summed E-state index contributed by atoms with van der Waals surface area (Å²) in [7, 11) is -2.33. The highest BCUT2D eigenvalue weighted by molar-refractivity contribution is 7.92. The molecule has 31 heavy (non-hydrogen) atoms. The summed E-state index contributed by atoms with van der Waals surface area (Å²) in [5, 5.41) is 6.22. The zero-order valence-electron chi connectivity index (χ0n) is 18.0. The standard InChI is InChI=1S/C21H29N5O4S/c1-4-15(2)24-21(27)19-13-16(14-23-20(19)26-11-9-22-10-12-26)25-31(28,29)18-7-5-17(30-3)6-8-18/h5-8,13-15,22,25H,4,9-12H2,1-3H3,(H,24,27). The molecule has 168 valence electrons. The molecule has 2 aromatic rings. The Morgan fingerprint density at radius 3 is 2.55 bits per heavy atom. The first kappa shape index (κ1) is 22.8. The smallest absolute Gasteiger partial charge is 0.261 e. The van der Waals surface area contributed by atoms with E-state index in [2.05, 4.69) is 20.3 Å². The van der Waals surface area contributed by atoms with E-state index in [0.29, 0.717) is 30.2 Å². The largest absolute Gasteiger partial charge is 0.497 e. The van der Waals surface area contributed by atoms with Crippen molar-refractivity contribution in [2.75, 3.05) is 42.9 Å². The number of anilines is 2. The third kappa shape index (κ3) is 5.65. The van der Waals surface area contributed by atoms with Gasteiger partial charge in [-0.15, -0.1) is 0 Å². The highest BCUT2D eigenvalue weighted by Crippen LogP contribution is 2.24. The summed E-state index contributed by atoms with van der Waals surface area (Å²) in [5.41, 5.74) is 0.570. The van der Waals surface area contributed by atoms with Crippen molar-refractivity contribution in [1.29, 1.82) is 0 Å². The molecule has 1 atom stereocenters. The SMILES string of the molecule is CCC(C)NC(=O)c1cc(NS(=O)(=O)c2ccc(OC)cc2)cnc1N1CCNCC1. The number of hydrogen-bond acceptors (Lipinski definition) is 7.